The second-order valence-electron chi connectivity index (χ2n) is 7.01. The fourth-order valence-electron chi connectivity index (χ4n) is 3.48. The molecular weight excluding hydrogens is 392 g/mol. The van der Waals surface area contributed by atoms with E-state index in [0.717, 1.165) is 12.1 Å². The van der Waals surface area contributed by atoms with Crippen molar-refractivity contribution in [3.8, 4) is 5.82 Å². The highest BCUT2D eigenvalue weighted by Crippen LogP contribution is 2.23. The van der Waals surface area contributed by atoms with Crippen LogP contribution >= 0.6 is 0 Å². The number of hydrogen-bond acceptors (Lipinski definition) is 4. The third kappa shape index (κ3) is 4.05. The zero-order valence-electron chi connectivity index (χ0n) is 16.0. The standard InChI is InChI=1S/C21H19F2N5O2/c22-15-4-5-16(17(23)13-15)21(30)27-11-6-14(7-12-27)20(29)26-18-3-1-8-24-19(18)28-10-2-9-25-28/h1-5,8-10,13-14H,6-7,11-12H2,(H,26,29). The molecule has 0 saturated carbocycles. The SMILES string of the molecule is O=C(Nc1cccnc1-n1cccn1)C1CCN(C(=O)c2ccc(F)cc2F)CC1. The molecule has 7 nitrogen and oxygen atoms in total. The average Bonchev–Trinajstić information content (AvgIpc) is 3.28. The van der Waals surface area contributed by atoms with Crippen molar-refractivity contribution >= 4 is 17.5 Å². The molecule has 154 valence electrons. The number of halogens is 2. The number of hydrogen-bond donors (Lipinski definition) is 1. The molecule has 2 aromatic heterocycles. The summed E-state index contributed by atoms with van der Waals surface area (Å²) in [5, 5.41) is 7.03. The normalized spacial score (nSPS) is 14.5. The van der Waals surface area contributed by atoms with Crippen molar-refractivity contribution in [2.45, 2.75) is 12.8 Å². The summed E-state index contributed by atoms with van der Waals surface area (Å²) in [5.41, 5.74) is 0.372. The summed E-state index contributed by atoms with van der Waals surface area (Å²) in [6.45, 7) is 0.625. The molecule has 0 bridgehead atoms. The Morgan fingerprint density at radius 3 is 2.57 bits per heavy atom. The third-order valence-electron chi connectivity index (χ3n) is 5.08. The first-order valence-corrected chi connectivity index (χ1v) is 9.53. The maximum absolute atomic E-state index is 13.9. The number of carbonyl (C=O) groups is 2. The first kappa shape index (κ1) is 19.7. The second kappa shape index (κ2) is 8.40. The fourth-order valence-corrected chi connectivity index (χ4v) is 3.48. The van der Waals surface area contributed by atoms with E-state index >= 15 is 0 Å². The Hall–Kier alpha value is -3.62. The van der Waals surface area contributed by atoms with Crippen LogP contribution in [0.15, 0.2) is 55.0 Å². The Labute approximate surface area is 171 Å². The number of anilines is 1. The molecule has 1 N–H and O–H groups in total. The minimum Gasteiger partial charge on any atom is -0.339 e. The van der Waals surface area contributed by atoms with Crippen molar-refractivity contribution in [3.05, 3.63) is 72.2 Å². The van der Waals surface area contributed by atoms with Gasteiger partial charge in [0.2, 0.25) is 5.91 Å². The van der Waals surface area contributed by atoms with E-state index < -0.39 is 17.5 Å². The van der Waals surface area contributed by atoms with E-state index in [4.69, 9.17) is 0 Å². The zero-order valence-corrected chi connectivity index (χ0v) is 16.0. The number of benzene rings is 1. The number of amides is 2. The topological polar surface area (TPSA) is 80.1 Å². The number of rotatable bonds is 4. The van der Waals surface area contributed by atoms with Gasteiger partial charge in [0.05, 0.1) is 11.3 Å². The molecule has 30 heavy (non-hydrogen) atoms. The van der Waals surface area contributed by atoms with Crippen molar-refractivity contribution in [3.63, 3.8) is 0 Å². The van der Waals surface area contributed by atoms with Gasteiger partial charge in [0, 0.05) is 43.7 Å². The van der Waals surface area contributed by atoms with Gasteiger partial charge >= 0.3 is 0 Å². The van der Waals surface area contributed by atoms with Gasteiger partial charge in [-0.3, -0.25) is 9.59 Å². The predicted octanol–water partition coefficient (Wildman–Crippen LogP) is 3.04. The van der Waals surface area contributed by atoms with E-state index in [0.29, 0.717) is 43.5 Å². The molecular formula is C21H19F2N5O2. The van der Waals surface area contributed by atoms with Crippen molar-refractivity contribution in [2.75, 3.05) is 18.4 Å². The first-order valence-electron chi connectivity index (χ1n) is 9.53. The van der Waals surface area contributed by atoms with Crippen LogP contribution in [0.25, 0.3) is 5.82 Å². The summed E-state index contributed by atoms with van der Waals surface area (Å²) < 4.78 is 28.5. The lowest BCUT2D eigenvalue weighted by atomic mass is 9.95. The fraction of sp³-hybridized carbons (Fsp3) is 0.238. The molecule has 0 spiro atoms. The van der Waals surface area contributed by atoms with E-state index in [2.05, 4.69) is 15.4 Å². The Bertz CT molecular complexity index is 1060. The lowest BCUT2D eigenvalue weighted by Gasteiger charge is -2.31. The van der Waals surface area contributed by atoms with Crippen LogP contribution in [0.1, 0.15) is 23.2 Å². The van der Waals surface area contributed by atoms with Gasteiger partial charge in [-0.2, -0.15) is 5.10 Å². The van der Waals surface area contributed by atoms with Crippen molar-refractivity contribution in [2.24, 2.45) is 5.92 Å². The van der Waals surface area contributed by atoms with E-state index in [1.807, 2.05) is 0 Å². The van der Waals surface area contributed by atoms with Gasteiger partial charge in [0.1, 0.15) is 11.6 Å². The van der Waals surface area contributed by atoms with Crippen LogP contribution in [0.4, 0.5) is 14.5 Å². The van der Waals surface area contributed by atoms with E-state index in [-0.39, 0.29) is 17.4 Å². The Kier molecular flexibility index (Phi) is 5.51. The van der Waals surface area contributed by atoms with Crippen LogP contribution in [-0.4, -0.2) is 44.6 Å². The smallest absolute Gasteiger partial charge is 0.256 e. The van der Waals surface area contributed by atoms with Crippen LogP contribution in [0.2, 0.25) is 0 Å². The number of piperidine rings is 1. The third-order valence-corrected chi connectivity index (χ3v) is 5.08. The largest absolute Gasteiger partial charge is 0.339 e. The second-order valence-corrected chi connectivity index (χ2v) is 7.01. The summed E-state index contributed by atoms with van der Waals surface area (Å²) in [6.07, 6.45) is 5.86. The van der Waals surface area contributed by atoms with E-state index in [1.165, 1.54) is 4.90 Å². The number of pyridine rings is 1. The molecule has 3 heterocycles. The molecule has 0 aliphatic carbocycles. The number of nitrogens with zero attached hydrogens (tertiary/aromatic N) is 4. The summed E-state index contributed by atoms with van der Waals surface area (Å²) in [5.74, 6) is -2.07. The molecule has 9 heteroatoms. The molecule has 1 aromatic carbocycles. The maximum Gasteiger partial charge on any atom is 0.256 e. The highest BCUT2D eigenvalue weighted by molar-refractivity contribution is 5.96. The van der Waals surface area contributed by atoms with E-state index in [1.54, 1.807) is 41.5 Å². The molecule has 4 rings (SSSR count). The highest BCUT2D eigenvalue weighted by Gasteiger charge is 2.29. The average molecular weight is 411 g/mol. The number of nitrogens with one attached hydrogen (secondary N) is 1. The molecule has 1 fully saturated rings. The van der Waals surface area contributed by atoms with Gasteiger partial charge in [0.25, 0.3) is 5.91 Å². The van der Waals surface area contributed by atoms with Crippen LogP contribution in [0.3, 0.4) is 0 Å². The molecule has 1 saturated heterocycles. The van der Waals surface area contributed by atoms with Crippen LogP contribution in [0.5, 0.6) is 0 Å². The van der Waals surface area contributed by atoms with Gasteiger partial charge in [-0.05, 0) is 43.2 Å². The zero-order chi connectivity index (χ0) is 21.1. The van der Waals surface area contributed by atoms with Crippen LogP contribution < -0.4 is 5.32 Å². The Morgan fingerprint density at radius 1 is 1.07 bits per heavy atom. The monoisotopic (exact) mass is 411 g/mol. The number of carbonyl (C=O) groups excluding carboxylic acids is 2. The molecule has 3 aromatic rings. The molecule has 0 unspecified atom stereocenters. The molecule has 1 aliphatic rings. The van der Waals surface area contributed by atoms with Crippen molar-refractivity contribution in [1.82, 2.24) is 19.7 Å². The lowest BCUT2D eigenvalue weighted by Crippen LogP contribution is -2.41. The van der Waals surface area contributed by atoms with Crippen LogP contribution in [0, 0.1) is 17.6 Å². The van der Waals surface area contributed by atoms with Gasteiger partial charge in [0.15, 0.2) is 5.82 Å². The minimum atomic E-state index is -0.886. The Morgan fingerprint density at radius 2 is 1.87 bits per heavy atom. The summed E-state index contributed by atoms with van der Waals surface area (Å²) >= 11 is 0. The number of aromatic nitrogens is 3. The lowest BCUT2D eigenvalue weighted by molar-refractivity contribution is -0.121. The maximum atomic E-state index is 13.9. The molecule has 2 amide bonds. The number of likely N-dealkylation sites (tertiary alicyclic amines) is 1. The van der Waals surface area contributed by atoms with Gasteiger partial charge in [-0.1, -0.05) is 0 Å². The van der Waals surface area contributed by atoms with Gasteiger partial charge in [-0.15, -0.1) is 0 Å². The van der Waals surface area contributed by atoms with Crippen LogP contribution in [-0.2, 0) is 4.79 Å². The minimum absolute atomic E-state index is 0.168. The predicted molar refractivity (Wildman–Crippen MR) is 105 cm³/mol. The van der Waals surface area contributed by atoms with Crippen molar-refractivity contribution < 1.29 is 18.4 Å². The van der Waals surface area contributed by atoms with Gasteiger partial charge in [-0.25, -0.2) is 18.4 Å². The molecule has 0 radical (unpaired) electrons. The van der Waals surface area contributed by atoms with Crippen molar-refractivity contribution in [1.29, 1.82) is 0 Å². The van der Waals surface area contributed by atoms with Gasteiger partial charge < -0.3 is 10.2 Å². The Balaban J connectivity index is 1.39. The quantitative estimate of drug-likeness (QED) is 0.716. The summed E-state index contributed by atoms with van der Waals surface area (Å²) in [4.78, 5) is 31.0. The van der Waals surface area contributed by atoms with E-state index in [9.17, 15) is 18.4 Å². The molecule has 1 aliphatic heterocycles. The summed E-state index contributed by atoms with van der Waals surface area (Å²) in [7, 11) is 0. The highest BCUT2D eigenvalue weighted by atomic mass is 19.1. The molecule has 0 atom stereocenters. The first-order chi connectivity index (χ1) is 14.5. The summed E-state index contributed by atoms with van der Waals surface area (Å²) in [6, 6.07) is 8.13.